The number of carbonyl (C=O) groups is 1. The van der Waals surface area contributed by atoms with Gasteiger partial charge in [0.25, 0.3) is 5.91 Å². The number of benzene rings is 2. The molecule has 4 nitrogen and oxygen atoms in total. The maximum absolute atomic E-state index is 12.9. The van der Waals surface area contributed by atoms with Gasteiger partial charge in [0.1, 0.15) is 12.4 Å². The van der Waals surface area contributed by atoms with Crippen LogP contribution >= 0.6 is 0 Å². The second-order valence-corrected chi connectivity index (χ2v) is 6.74. The van der Waals surface area contributed by atoms with Crippen molar-refractivity contribution in [2.75, 3.05) is 26.2 Å². The summed E-state index contributed by atoms with van der Waals surface area (Å²) in [4.78, 5) is 14.8. The fraction of sp³-hybridized carbons (Fsp3) is 0.409. The van der Waals surface area contributed by atoms with Crippen LogP contribution in [0.25, 0.3) is 0 Å². The van der Waals surface area contributed by atoms with Gasteiger partial charge < -0.3 is 15.0 Å². The van der Waals surface area contributed by atoms with E-state index < -0.39 is 0 Å². The average molecular weight is 352 g/mol. The molecular formula is C22H28N2O2. The van der Waals surface area contributed by atoms with Crippen LogP contribution in [0.15, 0.2) is 54.6 Å². The quantitative estimate of drug-likeness (QED) is 0.919. The van der Waals surface area contributed by atoms with Crippen molar-refractivity contribution in [3.8, 4) is 5.75 Å². The number of fused-ring (bicyclic) bond motifs is 1. The smallest absolute Gasteiger partial charge is 0.257 e. The topological polar surface area (TPSA) is 41.6 Å². The van der Waals surface area contributed by atoms with Crippen LogP contribution in [0.3, 0.4) is 0 Å². The SMILES string of the molecule is CCN1CCCCN[C@@H](Cc2ccccc2)COc2ccccc2C1=O. The fourth-order valence-corrected chi connectivity index (χ4v) is 3.36. The zero-order valence-corrected chi connectivity index (χ0v) is 15.5. The third-order valence-electron chi connectivity index (χ3n) is 4.84. The Morgan fingerprint density at radius 2 is 1.85 bits per heavy atom. The zero-order valence-electron chi connectivity index (χ0n) is 15.5. The standard InChI is InChI=1S/C22H28N2O2/c1-2-24-15-9-8-14-23-19(16-18-10-4-3-5-11-18)17-26-21-13-7-6-12-20(21)22(24)25/h3-7,10-13,19,23H,2,8-9,14-17H2,1H3/t19-/m0/s1. The third-order valence-corrected chi connectivity index (χ3v) is 4.84. The lowest BCUT2D eigenvalue weighted by Gasteiger charge is -2.25. The third kappa shape index (κ3) is 4.85. The van der Waals surface area contributed by atoms with Gasteiger partial charge in [-0.2, -0.15) is 0 Å². The lowest BCUT2D eigenvalue weighted by atomic mass is 10.1. The van der Waals surface area contributed by atoms with Gasteiger partial charge in [0, 0.05) is 19.1 Å². The molecule has 1 amide bonds. The van der Waals surface area contributed by atoms with E-state index >= 15 is 0 Å². The van der Waals surface area contributed by atoms with Gasteiger partial charge in [-0.3, -0.25) is 4.79 Å². The van der Waals surface area contributed by atoms with Crippen molar-refractivity contribution in [3.05, 3.63) is 65.7 Å². The van der Waals surface area contributed by atoms with Gasteiger partial charge in [-0.15, -0.1) is 0 Å². The molecule has 3 rings (SSSR count). The highest BCUT2D eigenvalue weighted by molar-refractivity contribution is 5.96. The molecule has 0 aromatic heterocycles. The molecule has 4 heteroatoms. The van der Waals surface area contributed by atoms with Gasteiger partial charge in [-0.25, -0.2) is 0 Å². The van der Waals surface area contributed by atoms with Crippen molar-refractivity contribution in [3.63, 3.8) is 0 Å². The van der Waals surface area contributed by atoms with E-state index in [0.29, 0.717) is 17.9 Å². The van der Waals surface area contributed by atoms with E-state index in [0.717, 1.165) is 38.9 Å². The van der Waals surface area contributed by atoms with Gasteiger partial charge in [0.15, 0.2) is 0 Å². The predicted octanol–water partition coefficient (Wildman–Crippen LogP) is 3.52. The van der Waals surface area contributed by atoms with Crippen LogP contribution in [0.2, 0.25) is 0 Å². The molecule has 0 unspecified atom stereocenters. The monoisotopic (exact) mass is 352 g/mol. The van der Waals surface area contributed by atoms with Crippen molar-refractivity contribution < 1.29 is 9.53 Å². The molecule has 0 aliphatic carbocycles. The Hall–Kier alpha value is -2.33. The maximum atomic E-state index is 12.9. The Morgan fingerprint density at radius 1 is 1.08 bits per heavy atom. The Labute approximate surface area is 156 Å². The number of nitrogens with one attached hydrogen (secondary N) is 1. The first-order chi connectivity index (χ1) is 12.8. The van der Waals surface area contributed by atoms with E-state index in [1.165, 1.54) is 5.56 Å². The van der Waals surface area contributed by atoms with Gasteiger partial charge >= 0.3 is 0 Å². The minimum Gasteiger partial charge on any atom is -0.491 e. The second kappa shape index (κ2) is 9.39. The van der Waals surface area contributed by atoms with E-state index in [4.69, 9.17) is 4.74 Å². The molecule has 0 fully saturated rings. The van der Waals surface area contributed by atoms with Gasteiger partial charge in [-0.05, 0) is 50.4 Å². The van der Waals surface area contributed by atoms with Crippen LogP contribution in [0.5, 0.6) is 5.75 Å². The minimum absolute atomic E-state index is 0.0660. The van der Waals surface area contributed by atoms with Gasteiger partial charge in [0.05, 0.1) is 5.56 Å². The molecule has 0 spiro atoms. The Balaban J connectivity index is 1.78. The summed E-state index contributed by atoms with van der Waals surface area (Å²) in [5, 5.41) is 3.63. The van der Waals surface area contributed by atoms with Crippen molar-refractivity contribution in [2.24, 2.45) is 0 Å². The first-order valence-electron chi connectivity index (χ1n) is 9.56. The number of amides is 1. The Kier molecular flexibility index (Phi) is 6.67. The largest absolute Gasteiger partial charge is 0.491 e. The Bertz CT molecular complexity index is 702. The summed E-state index contributed by atoms with van der Waals surface area (Å²) in [6.07, 6.45) is 2.97. The van der Waals surface area contributed by atoms with E-state index in [2.05, 4.69) is 29.6 Å². The fourth-order valence-electron chi connectivity index (χ4n) is 3.36. The first kappa shape index (κ1) is 18.5. The van der Waals surface area contributed by atoms with E-state index in [9.17, 15) is 4.79 Å². The van der Waals surface area contributed by atoms with Crippen LogP contribution < -0.4 is 10.1 Å². The van der Waals surface area contributed by atoms with E-state index in [1.807, 2.05) is 42.2 Å². The summed E-state index contributed by atoms with van der Waals surface area (Å²) in [6.45, 7) is 5.02. The normalized spacial score (nSPS) is 19.0. The maximum Gasteiger partial charge on any atom is 0.257 e. The summed E-state index contributed by atoms with van der Waals surface area (Å²) >= 11 is 0. The number of hydrogen-bond donors (Lipinski definition) is 1. The Morgan fingerprint density at radius 3 is 2.65 bits per heavy atom. The second-order valence-electron chi connectivity index (χ2n) is 6.74. The highest BCUT2D eigenvalue weighted by Gasteiger charge is 2.20. The molecule has 26 heavy (non-hydrogen) atoms. The lowest BCUT2D eigenvalue weighted by molar-refractivity contribution is 0.0754. The number of rotatable bonds is 3. The predicted molar refractivity (Wildman–Crippen MR) is 105 cm³/mol. The molecule has 0 radical (unpaired) electrons. The van der Waals surface area contributed by atoms with Crippen LogP contribution in [-0.4, -0.2) is 43.1 Å². The first-order valence-corrected chi connectivity index (χ1v) is 9.56. The number of para-hydroxylation sites is 1. The molecule has 1 atom stereocenters. The van der Waals surface area contributed by atoms with Crippen molar-refractivity contribution >= 4 is 5.91 Å². The number of nitrogens with zero attached hydrogens (tertiary/aromatic N) is 1. The highest BCUT2D eigenvalue weighted by Crippen LogP contribution is 2.21. The summed E-state index contributed by atoms with van der Waals surface area (Å²) in [5.41, 5.74) is 1.95. The summed E-state index contributed by atoms with van der Waals surface area (Å²) in [6, 6.07) is 18.3. The van der Waals surface area contributed by atoms with Crippen LogP contribution in [0.1, 0.15) is 35.7 Å². The molecule has 1 heterocycles. The molecule has 138 valence electrons. The van der Waals surface area contributed by atoms with Crippen LogP contribution in [0, 0.1) is 0 Å². The van der Waals surface area contributed by atoms with Gasteiger partial charge in [0.2, 0.25) is 0 Å². The zero-order chi connectivity index (χ0) is 18.2. The number of ether oxygens (including phenoxy) is 1. The lowest BCUT2D eigenvalue weighted by Crippen LogP contribution is -2.39. The number of hydrogen-bond acceptors (Lipinski definition) is 3. The molecule has 0 saturated carbocycles. The summed E-state index contributed by atoms with van der Waals surface area (Å²) in [7, 11) is 0. The van der Waals surface area contributed by atoms with E-state index in [1.54, 1.807) is 0 Å². The molecular weight excluding hydrogens is 324 g/mol. The molecule has 0 saturated heterocycles. The molecule has 1 aliphatic rings. The molecule has 2 aromatic carbocycles. The summed E-state index contributed by atoms with van der Waals surface area (Å²) in [5.74, 6) is 0.743. The van der Waals surface area contributed by atoms with E-state index in [-0.39, 0.29) is 11.9 Å². The molecule has 0 bridgehead atoms. The van der Waals surface area contributed by atoms with Crippen LogP contribution in [0.4, 0.5) is 0 Å². The molecule has 2 aromatic rings. The van der Waals surface area contributed by atoms with Crippen molar-refractivity contribution in [2.45, 2.75) is 32.2 Å². The van der Waals surface area contributed by atoms with Gasteiger partial charge in [-0.1, -0.05) is 42.5 Å². The molecule has 1 aliphatic heterocycles. The van der Waals surface area contributed by atoms with Crippen LogP contribution in [-0.2, 0) is 6.42 Å². The highest BCUT2D eigenvalue weighted by atomic mass is 16.5. The molecule has 1 N–H and O–H groups in total. The van der Waals surface area contributed by atoms with Crippen molar-refractivity contribution in [1.29, 1.82) is 0 Å². The average Bonchev–Trinajstić information content (AvgIpc) is 2.68. The minimum atomic E-state index is 0.0660. The van der Waals surface area contributed by atoms with Crippen molar-refractivity contribution in [1.82, 2.24) is 10.2 Å². The summed E-state index contributed by atoms with van der Waals surface area (Å²) < 4.78 is 6.10. The number of carbonyl (C=O) groups excluding carboxylic acids is 1.